The summed E-state index contributed by atoms with van der Waals surface area (Å²) in [5.74, 6) is 1.84. The van der Waals surface area contributed by atoms with Crippen molar-refractivity contribution < 1.29 is 4.74 Å². The van der Waals surface area contributed by atoms with E-state index in [0.29, 0.717) is 6.04 Å². The number of methoxy groups -OCH3 is 1. The fraction of sp³-hybridized carbons (Fsp3) is 0.308. The lowest BCUT2D eigenvalue weighted by Gasteiger charge is -2.06. The molecule has 1 N–H and O–H groups in total. The molecule has 0 fully saturated rings. The fourth-order valence-electron chi connectivity index (χ4n) is 2.27. The molecule has 0 spiro atoms. The number of hydrogen-bond donors (Lipinski definition) is 1. The Balaban J connectivity index is 2.26. The molecule has 0 amide bonds. The third-order valence-electron chi connectivity index (χ3n) is 3.02. The minimum Gasteiger partial charge on any atom is -0.494 e. The molecule has 1 aromatic heterocycles. The molecule has 2 aromatic rings. The summed E-state index contributed by atoms with van der Waals surface area (Å²) in [7, 11) is 1.68. The summed E-state index contributed by atoms with van der Waals surface area (Å²) in [6, 6.07) is 8.71. The molecule has 2 heterocycles. The first-order chi connectivity index (χ1) is 7.78. The quantitative estimate of drug-likeness (QED) is 0.792. The Hall–Kier alpha value is -1.77. The van der Waals surface area contributed by atoms with Gasteiger partial charge < -0.3 is 10.1 Å². The van der Waals surface area contributed by atoms with E-state index in [4.69, 9.17) is 4.74 Å². The molecular formula is C13H14N2O. The van der Waals surface area contributed by atoms with Crippen molar-refractivity contribution in [2.75, 3.05) is 12.4 Å². The summed E-state index contributed by atoms with van der Waals surface area (Å²) in [6.07, 6.45) is 1.05. The second-order valence-electron chi connectivity index (χ2n) is 4.28. The highest BCUT2D eigenvalue weighted by molar-refractivity contribution is 5.87. The van der Waals surface area contributed by atoms with Crippen molar-refractivity contribution in [2.45, 2.75) is 19.4 Å². The van der Waals surface area contributed by atoms with Crippen LogP contribution in [0.15, 0.2) is 24.3 Å². The second kappa shape index (κ2) is 3.37. The van der Waals surface area contributed by atoms with Gasteiger partial charge in [-0.3, -0.25) is 0 Å². The van der Waals surface area contributed by atoms with Crippen LogP contribution in [0.25, 0.3) is 10.9 Å². The Bertz CT molecular complexity index is 551. The first kappa shape index (κ1) is 9.46. The third-order valence-corrected chi connectivity index (χ3v) is 3.02. The maximum atomic E-state index is 5.32. The lowest BCUT2D eigenvalue weighted by molar-refractivity contribution is 0.419. The second-order valence-corrected chi connectivity index (χ2v) is 4.28. The van der Waals surface area contributed by atoms with E-state index >= 15 is 0 Å². The molecule has 0 aliphatic carbocycles. The van der Waals surface area contributed by atoms with Crippen molar-refractivity contribution >= 4 is 16.7 Å². The number of para-hydroxylation sites is 1. The van der Waals surface area contributed by atoms with Crippen LogP contribution in [0.1, 0.15) is 12.5 Å². The highest BCUT2D eigenvalue weighted by Gasteiger charge is 2.19. The van der Waals surface area contributed by atoms with Gasteiger partial charge in [0.05, 0.1) is 7.11 Å². The van der Waals surface area contributed by atoms with Crippen molar-refractivity contribution in [3.63, 3.8) is 0 Å². The highest BCUT2D eigenvalue weighted by atomic mass is 16.5. The van der Waals surface area contributed by atoms with E-state index in [1.165, 1.54) is 5.56 Å². The largest absolute Gasteiger partial charge is 0.494 e. The smallest absolute Gasteiger partial charge is 0.145 e. The van der Waals surface area contributed by atoms with Crippen LogP contribution < -0.4 is 10.1 Å². The summed E-state index contributed by atoms with van der Waals surface area (Å²) in [5, 5.41) is 4.52. The Morgan fingerprint density at radius 1 is 1.44 bits per heavy atom. The number of nitrogens with zero attached hydrogens (tertiary/aromatic N) is 1. The van der Waals surface area contributed by atoms with E-state index in [0.717, 1.165) is 28.9 Å². The lowest BCUT2D eigenvalue weighted by Crippen LogP contribution is -2.08. The predicted molar refractivity (Wildman–Crippen MR) is 65.1 cm³/mol. The Kier molecular flexibility index (Phi) is 1.99. The number of anilines is 1. The van der Waals surface area contributed by atoms with E-state index in [9.17, 15) is 0 Å². The Morgan fingerprint density at radius 3 is 3.12 bits per heavy atom. The number of benzene rings is 1. The molecule has 1 unspecified atom stereocenters. The fourth-order valence-corrected chi connectivity index (χ4v) is 2.27. The summed E-state index contributed by atoms with van der Waals surface area (Å²) in [6.45, 7) is 2.17. The zero-order valence-corrected chi connectivity index (χ0v) is 9.45. The van der Waals surface area contributed by atoms with Crippen LogP contribution in [0.5, 0.6) is 5.75 Å². The average Bonchev–Trinajstić information content (AvgIpc) is 2.64. The van der Waals surface area contributed by atoms with Gasteiger partial charge >= 0.3 is 0 Å². The highest BCUT2D eigenvalue weighted by Crippen LogP contribution is 2.31. The summed E-state index contributed by atoms with van der Waals surface area (Å²) in [4.78, 5) is 4.64. The van der Waals surface area contributed by atoms with Crippen molar-refractivity contribution in [3.05, 3.63) is 29.8 Å². The van der Waals surface area contributed by atoms with E-state index in [1.807, 2.05) is 12.1 Å². The van der Waals surface area contributed by atoms with Crippen LogP contribution in [0.4, 0.5) is 5.82 Å². The zero-order chi connectivity index (χ0) is 11.1. The molecule has 3 nitrogen and oxygen atoms in total. The first-order valence-electron chi connectivity index (χ1n) is 5.51. The van der Waals surface area contributed by atoms with E-state index in [-0.39, 0.29) is 0 Å². The third kappa shape index (κ3) is 1.32. The monoisotopic (exact) mass is 214 g/mol. The molecule has 1 atom stereocenters. The molecule has 0 radical (unpaired) electrons. The maximum Gasteiger partial charge on any atom is 0.145 e. The zero-order valence-electron chi connectivity index (χ0n) is 9.45. The van der Waals surface area contributed by atoms with E-state index < -0.39 is 0 Å². The number of hydrogen-bond acceptors (Lipinski definition) is 3. The number of pyridine rings is 1. The minimum absolute atomic E-state index is 0.477. The van der Waals surface area contributed by atoms with Crippen molar-refractivity contribution in [3.8, 4) is 5.75 Å². The number of aromatic nitrogens is 1. The molecule has 1 aromatic carbocycles. The van der Waals surface area contributed by atoms with Crippen molar-refractivity contribution in [1.29, 1.82) is 0 Å². The molecule has 82 valence electrons. The molecule has 0 saturated heterocycles. The number of rotatable bonds is 1. The van der Waals surface area contributed by atoms with Gasteiger partial charge in [-0.2, -0.15) is 0 Å². The molecule has 1 aliphatic heterocycles. The van der Waals surface area contributed by atoms with Crippen LogP contribution in [0.2, 0.25) is 0 Å². The Morgan fingerprint density at radius 2 is 2.31 bits per heavy atom. The van der Waals surface area contributed by atoms with Crippen molar-refractivity contribution in [2.24, 2.45) is 0 Å². The minimum atomic E-state index is 0.477. The van der Waals surface area contributed by atoms with Crippen LogP contribution in [0, 0.1) is 0 Å². The van der Waals surface area contributed by atoms with Gasteiger partial charge in [-0.15, -0.1) is 0 Å². The predicted octanol–water partition coefficient (Wildman–Crippen LogP) is 2.60. The van der Waals surface area contributed by atoms with Crippen LogP contribution >= 0.6 is 0 Å². The molecule has 3 heteroatoms. The van der Waals surface area contributed by atoms with E-state index in [1.54, 1.807) is 7.11 Å². The first-order valence-corrected chi connectivity index (χ1v) is 5.51. The molecule has 16 heavy (non-hydrogen) atoms. The molecule has 0 saturated carbocycles. The van der Waals surface area contributed by atoms with Gasteiger partial charge in [0.25, 0.3) is 0 Å². The van der Waals surface area contributed by atoms with Crippen molar-refractivity contribution in [1.82, 2.24) is 4.98 Å². The number of fused-ring (bicyclic) bond motifs is 2. The van der Waals surface area contributed by atoms with Crippen LogP contribution in [0.3, 0.4) is 0 Å². The SMILES string of the molecule is COc1cccc2cc3c(nc12)NC(C)C3. The number of ether oxygens (including phenoxy) is 1. The van der Waals surface area contributed by atoms with Gasteiger partial charge in [-0.1, -0.05) is 12.1 Å². The van der Waals surface area contributed by atoms with Gasteiger partial charge in [0.15, 0.2) is 0 Å². The van der Waals surface area contributed by atoms with Gasteiger partial charge in [0.1, 0.15) is 17.1 Å². The average molecular weight is 214 g/mol. The molecule has 1 aliphatic rings. The summed E-state index contributed by atoms with van der Waals surface area (Å²) >= 11 is 0. The van der Waals surface area contributed by atoms with Gasteiger partial charge in [0, 0.05) is 11.4 Å². The van der Waals surface area contributed by atoms with Crippen LogP contribution in [-0.4, -0.2) is 18.1 Å². The Labute approximate surface area is 94.5 Å². The lowest BCUT2D eigenvalue weighted by atomic mass is 10.1. The summed E-state index contributed by atoms with van der Waals surface area (Å²) < 4.78 is 5.32. The van der Waals surface area contributed by atoms with E-state index in [2.05, 4.69) is 29.4 Å². The topological polar surface area (TPSA) is 34.1 Å². The normalized spacial score (nSPS) is 18.2. The molecular weight excluding hydrogens is 200 g/mol. The van der Waals surface area contributed by atoms with Gasteiger partial charge in [-0.25, -0.2) is 4.98 Å². The molecule has 3 rings (SSSR count). The van der Waals surface area contributed by atoms with Gasteiger partial charge in [0.2, 0.25) is 0 Å². The maximum absolute atomic E-state index is 5.32. The number of nitrogens with one attached hydrogen (secondary N) is 1. The summed E-state index contributed by atoms with van der Waals surface area (Å²) in [5.41, 5.74) is 2.23. The molecule has 0 bridgehead atoms. The van der Waals surface area contributed by atoms with Crippen LogP contribution in [-0.2, 0) is 6.42 Å². The standard InChI is InChI=1S/C13H14N2O/c1-8-6-10-7-9-4-3-5-11(16-2)12(9)15-13(10)14-8/h3-5,7-8H,6H2,1-2H3,(H,14,15). The van der Waals surface area contributed by atoms with Gasteiger partial charge in [-0.05, 0) is 31.0 Å².